The number of phenols is 1. The highest BCUT2D eigenvalue weighted by Crippen LogP contribution is 2.25. The predicted molar refractivity (Wildman–Crippen MR) is 111 cm³/mol. The lowest BCUT2D eigenvalue weighted by Gasteiger charge is -2.07. The highest BCUT2D eigenvalue weighted by molar-refractivity contribution is 7.99. The summed E-state index contributed by atoms with van der Waals surface area (Å²) in [6.45, 7) is 0. The number of hydrazone groups is 1. The number of carbonyl (C=O) groups is 1. The van der Waals surface area contributed by atoms with Gasteiger partial charge in [-0.3, -0.25) is 4.79 Å². The van der Waals surface area contributed by atoms with Crippen molar-refractivity contribution in [1.29, 1.82) is 0 Å². The maximum atomic E-state index is 12.1. The molecule has 29 heavy (non-hydrogen) atoms. The Labute approximate surface area is 170 Å². The first-order valence-corrected chi connectivity index (χ1v) is 9.69. The number of aromatic nitrogens is 4. The van der Waals surface area contributed by atoms with Crippen LogP contribution in [-0.4, -0.2) is 43.2 Å². The van der Waals surface area contributed by atoms with Crippen molar-refractivity contribution >= 4 is 34.7 Å². The predicted octanol–water partition coefficient (Wildman–Crippen LogP) is 2.76. The molecule has 0 aliphatic rings. The third-order valence-corrected chi connectivity index (χ3v) is 4.98. The van der Waals surface area contributed by atoms with Crippen LogP contribution in [0.5, 0.6) is 5.75 Å². The van der Waals surface area contributed by atoms with Gasteiger partial charge in [-0.2, -0.15) is 9.78 Å². The molecule has 9 heteroatoms. The molecular formula is C20H16N6O2S. The number of tetrazole rings is 1. The van der Waals surface area contributed by atoms with E-state index in [0.717, 1.165) is 22.0 Å². The van der Waals surface area contributed by atoms with E-state index in [0.29, 0.717) is 5.16 Å². The second-order valence-electron chi connectivity index (χ2n) is 6.04. The van der Waals surface area contributed by atoms with Crippen molar-refractivity contribution in [3.05, 3.63) is 72.3 Å². The van der Waals surface area contributed by atoms with Crippen LogP contribution >= 0.6 is 11.8 Å². The van der Waals surface area contributed by atoms with Crippen molar-refractivity contribution < 1.29 is 9.90 Å². The zero-order valence-corrected chi connectivity index (χ0v) is 16.0. The fourth-order valence-corrected chi connectivity index (χ4v) is 3.39. The normalized spacial score (nSPS) is 11.2. The molecule has 0 aliphatic heterocycles. The van der Waals surface area contributed by atoms with Crippen LogP contribution in [0.2, 0.25) is 0 Å². The summed E-state index contributed by atoms with van der Waals surface area (Å²) >= 11 is 1.22. The molecule has 0 fully saturated rings. The van der Waals surface area contributed by atoms with Crippen molar-refractivity contribution in [2.24, 2.45) is 5.10 Å². The van der Waals surface area contributed by atoms with Gasteiger partial charge in [0, 0.05) is 5.39 Å². The molecule has 0 bridgehead atoms. The number of carbonyl (C=O) groups excluding carboxylic acids is 1. The smallest absolute Gasteiger partial charge is 0.250 e. The molecule has 8 nitrogen and oxygen atoms in total. The Hall–Kier alpha value is -3.72. The Morgan fingerprint density at radius 1 is 1.10 bits per heavy atom. The number of benzene rings is 3. The highest BCUT2D eigenvalue weighted by atomic mass is 32.2. The summed E-state index contributed by atoms with van der Waals surface area (Å²) in [5.41, 5.74) is 4.07. The van der Waals surface area contributed by atoms with Crippen LogP contribution in [0.4, 0.5) is 0 Å². The van der Waals surface area contributed by atoms with Gasteiger partial charge in [0.1, 0.15) is 5.75 Å². The van der Waals surface area contributed by atoms with Crippen LogP contribution in [0.15, 0.2) is 77.0 Å². The number of rotatable bonds is 6. The molecule has 4 aromatic rings. The molecule has 4 rings (SSSR count). The Morgan fingerprint density at radius 2 is 1.90 bits per heavy atom. The average Bonchev–Trinajstić information content (AvgIpc) is 3.22. The molecule has 0 saturated carbocycles. The molecule has 1 heterocycles. The Balaban J connectivity index is 1.41. The second kappa shape index (κ2) is 8.53. The molecule has 3 aromatic carbocycles. The number of aromatic hydroxyl groups is 1. The number of hydrogen-bond donors (Lipinski definition) is 2. The number of phenolic OH excluding ortho intramolecular Hbond substituents is 1. The average molecular weight is 404 g/mol. The summed E-state index contributed by atoms with van der Waals surface area (Å²) in [4.78, 5) is 12.1. The van der Waals surface area contributed by atoms with Crippen LogP contribution < -0.4 is 5.43 Å². The summed E-state index contributed by atoms with van der Waals surface area (Å²) in [6, 6.07) is 20.3. The summed E-state index contributed by atoms with van der Waals surface area (Å²) < 4.78 is 1.62. The summed E-state index contributed by atoms with van der Waals surface area (Å²) in [6.07, 6.45) is 1.50. The van der Waals surface area contributed by atoms with Gasteiger partial charge < -0.3 is 5.11 Å². The van der Waals surface area contributed by atoms with E-state index in [1.807, 2.05) is 42.5 Å². The van der Waals surface area contributed by atoms with Gasteiger partial charge >= 0.3 is 0 Å². The van der Waals surface area contributed by atoms with E-state index in [-0.39, 0.29) is 17.4 Å². The first-order valence-electron chi connectivity index (χ1n) is 8.71. The highest BCUT2D eigenvalue weighted by Gasteiger charge is 2.13. The second-order valence-corrected chi connectivity index (χ2v) is 6.99. The Kier molecular flexibility index (Phi) is 5.48. The molecule has 144 valence electrons. The van der Waals surface area contributed by atoms with Crippen LogP contribution in [0.1, 0.15) is 5.56 Å². The van der Waals surface area contributed by atoms with Crippen molar-refractivity contribution in [2.75, 3.05) is 5.75 Å². The topological polar surface area (TPSA) is 105 Å². The minimum Gasteiger partial charge on any atom is -0.508 e. The van der Waals surface area contributed by atoms with E-state index < -0.39 is 0 Å². The molecular weight excluding hydrogens is 388 g/mol. The van der Waals surface area contributed by atoms with E-state index in [2.05, 4.69) is 26.1 Å². The van der Waals surface area contributed by atoms with Gasteiger partial charge in [0.25, 0.3) is 5.91 Å². The lowest BCUT2D eigenvalue weighted by molar-refractivity contribution is -0.118. The van der Waals surface area contributed by atoms with Crippen LogP contribution in [0.3, 0.4) is 0 Å². The Bertz CT molecular complexity index is 1170. The molecule has 0 atom stereocenters. The van der Waals surface area contributed by atoms with Gasteiger partial charge in [-0.25, -0.2) is 5.43 Å². The fourth-order valence-electron chi connectivity index (χ4n) is 2.71. The summed E-state index contributed by atoms with van der Waals surface area (Å²) in [7, 11) is 0. The van der Waals surface area contributed by atoms with E-state index in [9.17, 15) is 9.90 Å². The molecule has 1 amide bonds. The minimum atomic E-state index is -0.280. The van der Waals surface area contributed by atoms with Crippen LogP contribution in [0.25, 0.3) is 16.5 Å². The van der Waals surface area contributed by atoms with E-state index in [4.69, 9.17) is 0 Å². The minimum absolute atomic E-state index is 0.109. The monoisotopic (exact) mass is 404 g/mol. The Morgan fingerprint density at radius 3 is 2.76 bits per heavy atom. The van der Waals surface area contributed by atoms with Crippen molar-refractivity contribution in [2.45, 2.75) is 5.16 Å². The van der Waals surface area contributed by atoms with Gasteiger partial charge in [0.15, 0.2) is 0 Å². The summed E-state index contributed by atoms with van der Waals surface area (Å²) in [5, 5.41) is 27.6. The molecule has 2 N–H and O–H groups in total. The molecule has 1 aromatic heterocycles. The number of thioether (sulfide) groups is 1. The van der Waals surface area contributed by atoms with Crippen LogP contribution in [0, 0.1) is 0 Å². The maximum absolute atomic E-state index is 12.1. The first-order chi connectivity index (χ1) is 14.2. The van der Waals surface area contributed by atoms with Gasteiger partial charge in [-0.05, 0) is 51.7 Å². The van der Waals surface area contributed by atoms with E-state index in [1.165, 1.54) is 18.0 Å². The summed E-state index contributed by atoms with van der Waals surface area (Å²) in [5.74, 6) is 0.00178. The van der Waals surface area contributed by atoms with Gasteiger partial charge in [-0.1, -0.05) is 48.2 Å². The first kappa shape index (κ1) is 18.6. The number of fused-ring (bicyclic) bond motifs is 1. The van der Waals surface area contributed by atoms with E-state index in [1.54, 1.807) is 28.9 Å². The molecule has 0 unspecified atom stereocenters. The van der Waals surface area contributed by atoms with Gasteiger partial charge in [-0.15, -0.1) is 5.10 Å². The number of nitrogens with one attached hydrogen (secondary N) is 1. The molecule has 0 aliphatic carbocycles. The fraction of sp³-hybridized carbons (Fsp3) is 0.0500. The van der Waals surface area contributed by atoms with E-state index >= 15 is 0 Å². The standard InChI is InChI=1S/C20H16N6O2S/c27-16-10-8-14(9-11-16)12-21-22-19(28)13-29-20-23-24-25-26(20)18-7-3-5-15-4-1-2-6-17(15)18/h1-12,27H,13H2,(H,22,28). The quantitative estimate of drug-likeness (QED) is 0.291. The largest absolute Gasteiger partial charge is 0.508 e. The molecule has 0 spiro atoms. The number of amides is 1. The van der Waals surface area contributed by atoms with Gasteiger partial charge in [0.2, 0.25) is 5.16 Å². The zero-order chi connectivity index (χ0) is 20.1. The third-order valence-electron chi connectivity index (χ3n) is 4.06. The zero-order valence-electron chi connectivity index (χ0n) is 15.1. The third kappa shape index (κ3) is 4.41. The molecule has 0 radical (unpaired) electrons. The molecule has 0 saturated heterocycles. The number of hydrogen-bond acceptors (Lipinski definition) is 7. The lowest BCUT2D eigenvalue weighted by Crippen LogP contribution is -2.20. The van der Waals surface area contributed by atoms with Crippen LogP contribution in [-0.2, 0) is 4.79 Å². The number of nitrogens with zero attached hydrogens (tertiary/aromatic N) is 5. The van der Waals surface area contributed by atoms with Crippen molar-refractivity contribution in [1.82, 2.24) is 25.6 Å². The SMILES string of the molecule is O=C(CSc1nnnn1-c1cccc2ccccc12)NN=Cc1ccc(O)cc1. The maximum Gasteiger partial charge on any atom is 0.250 e. The van der Waals surface area contributed by atoms with Crippen molar-refractivity contribution in [3.8, 4) is 11.4 Å². The van der Waals surface area contributed by atoms with Crippen molar-refractivity contribution in [3.63, 3.8) is 0 Å². The van der Waals surface area contributed by atoms with Gasteiger partial charge in [0.05, 0.1) is 17.7 Å². The lowest BCUT2D eigenvalue weighted by atomic mass is 10.1.